The Morgan fingerprint density at radius 3 is 2.15 bits per heavy atom. The zero-order valence-electron chi connectivity index (χ0n) is 6.61. The molecule has 0 unspecified atom stereocenters. The topological polar surface area (TPSA) is 20.2 Å². The number of phenolic OH excluding ortho intramolecular Hbond substituents is 1. The molecule has 0 aliphatic carbocycles. The van der Waals surface area contributed by atoms with Gasteiger partial charge in [-0.25, -0.2) is 4.39 Å². The molecule has 0 spiro atoms. The third-order valence-corrected chi connectivity index (χ3v) is 1.21. The van der Waals surface area contributed by atoms with E-state index in [1.54, 1.807) is 6.07 Å². The summed E-state index contributed by atoms with van der Waals surface area (Å²) in [6.45, 7) is 0. The molecular weight excluding hydrogens is 262 g/mol. The average molecular weight is 265 g/mol. The summed E-state index contributed by atoms with van der Waals surface area (Å²) >= 11 is 0. The van der Waals surface area contributed by atoms with Crippen LogP contribution in [0.25, 0.3) is 0 Å². The molecule has 0 atom stereocenters. The minimum absolute atomic E-state index is 0. The molecule has 0 amide bonds. The number of halogens is 4. The number of hydrogen-bond donors (Lipinski definition) is 1. The fourth-order valence-corrected chi connectivity index (χ4v) is 0.731. The molecule has 1 aromatic rings. The molecule has 0 fully saturated rings. The maximum absolute atomic E-state index is 12.4. The molecule has 1 aromatic carbocycles. The van der Waals surface area contributed by atoms with Crippen LogP contribution in [0.4, 0.5) is 17.6 Å². The van der Waals surface area contributed by atoms with Gasteiger partial charge in [0, 0.05) is 17.1 Å². The van der Waals surface area contributed by atoms with E-state index in [2.05, 4.69) is 0 Å². The van der Waals surface area contributed by atoms with E-state index in [9.17, 15) is 17.6 Å². The van der Waals surface area contributed by atoms with E-state index in [1.807, 2.05) is 0 Å². The number of rotatable bonds is 0. The summed E-state index contributed by atoms with van der Waals surface area (Å²) in [5.41, 5.74) is -1.68. The molecule has 0 heterocycles. The van der Waals surface area contributed by atoms with Gasteiger partial charge in [0.25, 0.3) is 0 Å². The molecule has 1 N–H and O–H groups in total. The minimum Gasteiger partial charge on any atom is -0.533 e. The second kappa shape index (κ2) is 4.86. The van der Waals surface area contributed by atoms with Crippen LogP contribution in [0.1, 0.15) is 5.56 Å². The quantitative estimate of drug-likeness (QED) is 0.488. The average Bonchev–Trinajstić information content (AvgIpc) is 1.82. The molecule has 0 saturated carbocycles. The molecule has 1 nitrogen and oxygen atoms in total. The normalized spacial score (nSPS) is 10.8. The van der Waals surface area contributed by atoms with Gasteiger partial charge in [-0.3, -0.25) is 0 Å². The van der Waals surface area contributed by atoms with E-state index >= 15 is 0 Å². The van der Waals surface area contributed by atoms with E-state index in [-0.39, 0.29) is 58.2 Å². The van der Waals surface area contributed by atoms with E-state index in [1.165, 1.54) is 0 Å². The first-order chi connectivity index (χ1) is 5.43. The summed E-state index contributed by atoms with van der Waals surface area (Å²) in [5, 5.41) is 8.65. The van der Waals surface area contributed by atoms with E-state index in [0.29, 0.717) is 0 Å². The van der Waals surface area contributed by atoms with Gasteiger partial charge < -0.3 is 5.11 Å². The van der Waals surface area contributed by atoms with Crippen LogP contribution < -0.4 is 58.2 Å². The third-order valence-electron chi connectivity index (χ3n) is 1.21. The molecule has 0 aromatic heterocycles. The standard InChI is InChI=1S/C7H3F4O.Rb/c8-4-2-1-3-5(12)6(4)7(9,10)11;/h1,3,12H;/q-1;+1. The van der Waals surface area contributed by atoms with Gasteiger partial charge in [-0.15, -0.1) is 12.1 Å². The van der Waals surface area contributed by atoms with Crippen LogP contribution in [-0.2, 0) is 6.18 Å². The monoisotopic (exact) mass is 264 g/mol. The predicted octanol–water partition coefficient (Wildman–Crippen LogP) is -0.646. The van der Waals surface area contributed by atoms with Gasteiger partial charge in [0.1, 0.15) is 0 Å². The van der Waals surface area contributed by atoms with E-state index in [4.69, 9.17) is 5.11 Å². The first-order valence-corrected chi connectivity index (χ1v) is 2.89. The van der Waals surface area contributed by atoms with Crippen LogP contribution >= 0.6 is 0 Å². The molecular formula is C7H3F4ORb. The van der Waals surface area contributed by atoms with Crippen molar-refractivity contribution >= 4 is 0 Å². The number of aromatic hydroxyl groups is 1. The van der Waals surface area contributed by atoms with Gasteiger partial charge in [-0.2, -0.15) is 19.2 Å². The summed E-state index contributed by atoms with van der Waals surface area (Å²) < 4.78 is 48.1. The molecule has 0 radical (unpaired) electrons. The van der Waals surface area contributed by atoms with Crippen molar-refractivity contribution in [1.82, 2.24) is 0 Å². The molecule has 1 rings (SSSR count). The Labute approximate surface area is 121 Å². The van der Waals surface area contributed by atoms with Gasteiger partial charge in [0.2, 0.25) is 0 Å². The minimum atomic E-state index is -4.88. The predicted molar refractivity (Wildman–Crippen MR) is 31.9 cm³/mol. The second-order valence-corrected chi connectivity index (χ2v) is 2.05. The van der Waals surface area contributed by atoms with Gasteiger partial charge in [-0.1, -0.05) is 0 Å². The maximum Gasteiger partial charge on any atom is 1.00 e. The van der Waals surface area contributed by atoms with Crippen LogP contribution in [0.2, 0.25) is 0 Å². The van der Waals surface area contributed by atoms with Crippen LogP contribution in [0.3, 0.4) is 0 Å². The Morgan fingerprint density at radius 1 is 1.31 bits per heavy atom. The Balaban J connectivity index is 0.00000144. The van der Waals surface area contributed by atoms with E-state index < -0.39 is 23.3 Å². The van der Waals surface area contributed by atoms with Gasteiger partial charge in [0.15, 0.2) is 0 Å². The molecule has 6 heteroatoms. The van der Waals surface area contributed by atoms with Crippen molar-refractivity contribution in [3.8, 4) is 5.75 Å². The molecule has 0 aliphatic rings. The Morgan fingerprint density at radius 2 is 1.85 bits per heavy atom. The largest absolute Gasteiger partial charge is 1.00 e. The van der Waals surface area contributed by atoms with Crippen molar-refractivity contribution in [1.29, 1.82) is 0 Å². The van der Waals surface area contributed by atoms with E-state index in [0.717, 1.165) is 12.1 Å². The molecule has 0 saturated heterocycles. The summed E-state index contributed by atoms with van der Waals surface area (Å²) in [5.74, 6) is -2.72. The summed E-state index contributed by atoms with van der Waals surface area (Å²) in [7, 11) is 0. The molecule has 13 heavy (non-hydrogen) atoms. The molecule has 0 bridgehead atoms. The van der Waals surface area contributed by atoms with Crippen molar-refractivity contribution in [2.45, 2.75) is 6.18 Å². The first kappa shape index (κ1) is 13.5. The Kier molecular flexibility index (Phi) is 5.07. The van der Waals surface area contributed by atoms with Crippen molar-refractivity contribution in [3.05, 3.63) is 29.6 Å². The fraction of sp³-hybridized carbons (Fsp3) is 0.143. The smallest absolute Gasteiger partial charge is 0.533 e. The first-order valence-electron chi connectivity index (χ1n) is 2.89. The summed E-state index contributed by atoms with van der Waals surface area (Å²) in [4.78, 5) is 0. The Hall–Kier alpha value is 0.545. The number of phenols is 1. The number of hydrogen-bond acceptors (Lipinski definition) is 1. The third kappa shape index (κ3) is 3.30. The maximum atomic E-state index is 12.4. The molecule has 0 aliphatic heterocycles. The van der Waals surface area contributed by atoms with Crippen LogP contribution in [0.5, 0.6) is 5.75 Å². The van der Waals surface area contributed by atoms with Crippen molar-refractivity contribution in [2.75, 3.05) is 0 Å². The fourth-order valence-electron chi connectivity index (χ4n) is 0.731. The van der Waals surface area contributed by atoms with Crippen LogP contribution in [-0.4, -0.2) is 5.11 Å². The molecule has 66 valence electrons. The SMILES string of the molecule is Oc1cc[c-]c(F)c1C(F)(F)F.[Rb+]. The Bertz CT molecular complexity index is 277. The summed E-state index contributed by atoms with van der Waals surface area (Å²) in [6.07, 6.45) is -4.88. The zero-order chi connectivity index (χ0) is 9.35. The van der Waals surface area contributed by atoms with Crippen molar-refractivity contribution in [2.24, 2.45) is 0 Å². The van der Waals surface area contributed by atoms with Crippen molar-refractivity contribution in [3.63, 3.8) is 0 Å². The zero-order valence-corrected chi connectivity index (χ0v) is 11.5. The van der Waals surface area contributed by atoms with Gasteiger partial charge >= 0.3 is 64.4 Å². The second-order valence-electron chi connectivity index (χ2n) is 2.05. The van der Waals surface area contributed by atoms with Crippen LogP contribution in [0, 0.1) is 11.9 Å². The van der Waals surface area contributed by atoms with Gasteiger partial charge in [0.05, 0.1) is 0 Å². The van der Waals surface area contributed by atoms with Crippen LogP contribution in [0.15, 0.2) is 12.1 Å². The van der Waals surface area contributed by atoms with Crippen molar-refractivity contribution < 1.29 is 80.9 Å². The number of alkyl halides is 3. The number of benzene rings is 1. The van der Waals surface area contributed by atoms with Gasteiger partial charge in [-0.05, 0) is 0 Å². The summed E-state index contributed by atoms with van der Waals surface area (Å²) in [6, 6.07) is 3.30.